The van der Waals surface area contributed by atoms with Gasteiger partial charge in [0, 0.05) is 37.7 Å². The summed E-state index contributed by atoms with van der Waals surface area (Å²) in [7, 11) is 0. The van der Waals surface area contributed by atoms with Gasteiger partial charge in [-0.25, -0.2) is 9.78 Å². The van der Waals surface area contributed by atoms with E-state index in [1.165, 1.54) is 6.20 Å². The normalized spacial score (nSPS) is 16.0. The van der Waals surface area contributed by atoms with Crippen LogP contribution in [0.4, 0.5) is 10.6 Å². The van der Waals surface area contributed by atoms with Gasteiger partial charge in [0.1, 0.15) is 11.9 Å². The van der Waals surface area contributed by atoms with Crippen molar-refractivity contribution in [2.75, 3.05) is 18.0 Å². The van der Waals surface area contributed by atoms with Crippen LogP contribution in [0.1, 0.15) is 44.0 Å². The average molecular weight is 320 g/mol. The van der Waals surface area contributed by atoms with E-state index < -0.39 is 5.91 Å². The minimum atomic E-state index is -0.485. The monoisotopic (exact) mass is 320 g/mol. The number of nitrogens with one attached hydrogen (secondary N) is 1. The number of alkyl carbamates (subject to hydrolysis) is 1. The Morgan fingerprint density at radius 1 is 1.30 bits per heavy atom. The van der Waals surface area contributed by atoms with Crippen molar-refractivity contribution in [3.05, 3.63) is 23.9 Å². The summed E-state index contributed by atoms with van der Waals surface area (Å²) in [6.45, 7) is 7.24. The van der Waals surface area contributed by atoms with Crippen molar-refractivity contribution < 1.29 is 14.3 Å². The Hall–Kier alpha value is -2.31. The van der Waals surface area contributed by atoms with Crippen LogP contribution in [0.2, 0.25) is 0 Å². The van der Waals surface area contributed by atoms with Crippen molar-refractivity contribution in [3.63, 3.8) is 0 Å². The molecule has 7 nitrogen and oxygen atoms in total. The molecule has 0 unspecified atom stereocenters. The molecule has 23 heavy (non-hydrogen) atoms. The Labute approximate surface area is 136 Å². The maximum atomic E-state index is 11.8. The number of anilines is 1. The lowest BCUT2D eigenvalue weighted by atomic mass is 10.1. The van der Waals surface area contributed by atoms with Crippen LogP contribution in [0.25, 0.3) is 0 Å². The summed E-state index contributed by atoms with van der Waals surface area (Å²) in [4.78, 5) is 29.2. The van der Waals surface area contributed by atoms with Gasteiger partial charge in [0.2, 0.25) is 5.91 Å². The number of amides is 2. The highest BCUT2D eigenvalue weighted by Crippen LogP contribution is 2.20. The molecule has 7 heteroatoms. The van der Waals surface area contributed by atoms with Gasteiger partial charge in [0.15, 0.2) is 0 Å². The van der Waals surface area contributed by atoms with Gasteiger partial charge in [0.25, 0.3) is 0 Å². The number of piperidine rings is 1. The average Bonchev–Trinajstić information content (AvgIpc) is 2.46. The second kappa shape index (κ2) is 6.85. The molecule has 1 aliphatic heterocycles. The van der Waals surface area contributed by atoms with Crippen LogP contribution in [0.5, 0.6) is 0 Å². The van der Waals surface area contributed by atoms with Crippen molar-refractivity contribution in [3.8, 4) is 0 Å². The van der Waals surface area contributed by atoms with Gasteiger partial charge in [0.05, 0.1) is 5.56 Å². The number of hydrogen-bond donors (Lipinski definition) is 2. The summed E-state index contributed by atoms with van der Waals surface area (Å²) in [6.07, 6.45) is 2.52. The molecule has 2 amide bonds. The number of primary amides is 1. The predicted octanol–water partition coefficient (Wildman–Crippen LogP) is 1.67. The van der Waals surface area contributed by atoms with Crippen LogP contribution in [-0.4, -0.2) is 41.7 Å². The summed E-state index contributed by atoms with van der Waals surface area (Å²) in [5, 5.41) is 2.80. The molecule has 1 fully saturated rings. The lowest BCUT2D eigenvalue weighted by molar-refractivity contribution is 0.0776. The van der Waals surface area contributed by atoms with Crippen LogP contribution >= 0.6 is 0 Å². The first kappa shape index (κ1) is 17.1. The fourth-order valence-electron chi connectivity index (χ4n) is 2.41. The molecule has 1 saturated heterocycles. The second-order valence-electron chi connectivity index (χ2n) is 6.74. The Bertz CT molecular complexity index is 558. The van der Waals surface area contributed by atoms with E-state index in [1.807, 2.05) is 20.8 Å². The van der Waals surface area contributed by atoms with E-state index in [-0.39, 0.29) is 17.7 Å². The van der Waals surface area contributed by atoms with E-state index in [4.69, 9.17) is 10.5 Å². The number of hydrogen-bond acceptors (Lipinski definition) is 5. The molecule has 1 aromatic rings. The summed E-state index contributed by atoms with van der Waals surface area (Å²) in [6, 6.07) is 3.46. The minimum absolute atomic E-state index is 0.0847. The van der Waals surface area contributed by atoms with Crippen LogP contribution in [0, 0.1) is 0 Å². The molecule has 2 heterocycles. The van der Waals surface area contributed by atoms with Crippen molar-refractivity contribution >= 4 is 17.8 Å². The number of carbonyl (C=O) groups excluding carboxylic acids is 2. The molecule has 0 aliphatic carbocycles. The first-order chi connectivity index (χ1) is 10.7. The summed E-state index contributed by atoms with van der Waals surface area (Å²) >= 11 is 0. The number of pyridine rings is 1. The fraction of sp³-hybridized carbons (Fsp3) is 0.562. The van der Waals surface area contributed by atoms with Gasteiger partial charge in [-0.15, -0.1) is 0 Å². The Morgan fingerprint density at radius 2 is 1.96 bits per heavy atom. The van der Waals surface area contributed by atoms with E-state index in [0.29, 0.717) is 5.56 Å². The molecule has 0 aromatic carbocycles. The summed E-state index contributed by atoms with van der Waals surface area (Å²) in [5.41, 5.74) is 5.30. The Balaban J connectivity index is 1.84. The van der Waals surface area contributed by atoms with Gasteiger partial charge in [-0.2, -0.15) is 0 Å². The van der Waals surface area contributed by atoms with E-state index >= 15 is 0 Å². The minimum Gasteiger partial charge on any atom is -0.446 e. The van der Waals surface area contributed by atoms with E-state index in [9.17, 15) is 9.59 Å². The zero-order valence-corrected chi connectivity index (χ0v) is 13.8. The maximum Gasteiger partial charge on any atom is 0.407 e. The van der Waals surface area contributed by atoms with E-state index in [1.54, 1.807) is 12.1 Å². The molecular weight excluding hydrogens is 296 g/mol. The first-order valence-corrected chi connectivity index (χ1v) is 7.74. The quantitative estimate of drug-likeness (QED) is 0.883. The van der Waals surface area contributed by atoms with Crippen LogP contribution < -0.4 is 16.0 Å². The molecule has 0 radical (unpaired) electrons. The van der Waals surface area contributed by atoms with Gasteiger partial charge < -0.3 is 20.7 Å². The number of ether oxygens (including phenoxy) is 1. The smallest absolute Gasteiger partial charge is 0.407 e. The Morgan fingerprint density at radius 3 is 2.43 bits per heavy atom. The van der Waals surface area contributed by atoms with Crippen molar-refractivity contribution in [2.45, 2.75) is 45.3 Å². The molecule has 0 spiro atoms. The van der Waals surface area contributed by atoms with Gasteiger partial charge in [-0.3, -0.25) is 4.79 Å². The van der Waals surface area contributed by atoms with Crippen LogP contribution in [0.15, 0.2) is 18.3 Å². The van der Waals surface area contributed by atoms with Crippen LogP contribution in [0.3, 0.4) is 0 Å². The van der Waals surface area contributed by atoms with Crippen molar-refractivity contribution in [1.29, 1.82) is 0 Å². The zero-order valence-electron chi connectivity index (χ0n) is 13.8. The van der Waals surface area contributed by atoms with E-state index in [2.05, 4.69) is 15.2 Å². The zero-order chi connectivity index (χ0) is 17.0. The SMILES string of the molecule is CC(C)(C)NC(=O)OC1CCN(c2ccc(C(N)=O)cn2)CC1. The molecule has 1 aliphatic rings. The van der Waals surface area contributed by atoms with Crippen LogP contribution in [-0.2, 0) is 4.74 Å². The van der Waals surface area contributed by atoms with E-state index in [0.717, 1.165) is 31.7 Å². The number of rotatable bonds is 3. The molecule has 0 saturated carbocycles. The predicted molar refractivity (Wildman–Crippen MR) is 87.4 cm³/mol. The highest BCUT2D eigenvalue weighted by molar-refractivity contribution is 5.92. The van der Waals surface area contributed by atoms with Gasteiger partial charge >= 0.3 is 6.09 Å². The molecule has 3 N–H and O–H groups in total. The second-order valence-corrected chi connectivity index (χ2v) is 6.74. The standard InChI is InChI=1S/C16H24N4O3/c1-16(2,3)19-15(22)23-12-6-8-20(9-7-12)13-5-4-11(10-18-13)14(17)21/h4-5,10,12H,6-9H2,1-3H3,(H2,17,21)(H,19,22). The number of nitrogens with two attached hydrogens (primary N) is 1. The third-order valence-electron chi connectivity index (χ3n) is 3.55. The molecule has 1 aromatic heterocycles. The summed E-state index contributed by atoms with van der Waals surface area (Å²) < 4.78 is 5.44. The summed E-state index contributed by atoms with van der Waals surface area (Å²) in [5.74, 6) is 0.314. The Kier molecular flexibility index (Phi) is 5.08. The van der Waals surface area contributed by atoms with Gasteiger partial charge in [-0.05, 0) is 32.9 Å². The fourth-order valence-corrected chi connectivity index (χ4v) is 2.41. The third kappa shape index (κ3) is 5.12. The molecule has 0 atom stereocenters. The van der Waals surface area contributed by atoms with Crippen molar-refractivity contribution in [2.24, 2.45) is 5.73 Å². The maximum absolute atomic E-state index is 11.8. The topological polar surface area (TPSA) is 97.5 Å². The lowest BCUT2D eigenvalue weighted by Crippen LogP contribution is -2.44. The number of aromatic nitrogens is 1. The first-order valence-electron chi connectivity index (χ1n) is 7.74. The molecule has 2 rings (SSSR count). The lowest BCUT2D eigenvalue weighted by Gasteiger charge is -2.33. The largest absolute Gasteiger partial charge is 0.446 e. The highest BCUT2D eigenvalue weighted by Gasteiger charge is 2.24. The number of carbonyl (C=O) groups is 2. The van der Waals surface area contributed by atoms with Crippen molar-refractivity contribution in [1.82, 2.24) is 10.3 Å². The highest BCUT2D eigenvalue weighted by atomic mass is 16.6. The number of nitrogens with zero attached hydrogens (tertiary/aromatic N) is 2. The molecule has 0 bridgehead atoms. The third-order valence-corrected chi connectivity index (χ3v) is 3.55. The van der Waals surface area contributed by atoms with Gasteiger partial charge in [-0.1, -0.05) is 0 Å². The molecular formula is C16H24N4O3. The molecule has 126 valence electrons.